The van der Waals surface area contributed by atoms with Crippen LogP contribution in [0.2, 0.25) is 0 Å². The molecule has 0 atom stereocenters. The number of aromatic nitrogens is 3. The second kappa shape index (κ2) is 4.18. The number of nitriles is 1. The first-order valence-electron chi connectivity index (χ1n) is 5.94. The molecule has 0 saturated carbocycles. The van der Waals surface area contributed by atoms with Crippen molar-refractivity contribution in [3.63, 3.8) is 0 Å². The minimum Gasteiger partial charge on any atom is -0.221 e. The van der Waals surface area contributed by atoms with Gasteiger partial charge in [-0.05, 0) is 38.0 Å². The topological polar surface area (TPSA) is 54.0 Å². The summed E-state index contributed by atoms with van der Waals surface area (Å²) in [6.07, 6.45) is 0. The van der Waals surface area contributed by atoms with Crippen molar-refractivity contribution in [1.29, 1.82) is 5.26 Å². The SMILES string of the molecule is Cc1ccc(-c2nn3c(C#N)c(C)nc3s2)cc1C. The molecule has 3 aromatic rings. The van der Waals surface area contributed by atoms with E-state index in [9.17, 15) is 0 Å². The molecule has 0 unspecified atom stereocenters. The Morgan fingerprint density at radius 3 is 2.68 bits per heavy atom. The quantitative estimate of drug-likeness (QED) is 0.680. The molecule has 2 heterocycles. The van der Waals surface area contributed by atoms with Gasteiger partial charge >= 0.3 is 0 Å². The molecule has 0 aliphatic rings. The highest BCUT2D eigenvalue weighted by molar-refractivity contribution is 7.19. The molecule has 0 aliphatic heterocycles. The molecule has 5 heteroatoms. The van der Waals surface area contributed by atoms with Crippen molar-refractivity contribution in [1.82, 2.24) is 14.6 Å². The number of imidazole rings is 1. The van der Waals surface area contributed by atoms with Gasteiger partial charge in [-0.3, -0.25) is 0 Å². The molecule has 3 rings (SSSR count). The number of hydrogen-bond donors (Lipinski definition) is 0. The molecule has 0 N–H and O–H groups in total. The van der Waals surface area contributed by atoms with Crippen molar-refractivity contribution in [2.24, 2.45) is 0 Å². The number of benzene rings is 1. The van der Waals surface area contributed by atoms with E-state index in [2.05, 4.69) is 48.2 Å². The summed E-state index contributed by atoms with van der Waals surface area (Å²) in [5.41, 5.74) is 4.81. The zero-order chi connectivity index (χ0) is 13.6. The first-order valence-corrected chi connectivity index (χ1v) is 6.75. The van der Waals surface area contributed by atoms with Crippen LogP contribution in [0.15, 0.2) is 18.2 Å². The van der Waals surface area contributed by atoms with Crippen molar-refractivity contribution in [2.45, 2.75) is 20.8 Å². The van der Waals surface area contributed by atoms with Crippen molar-refractivity contribution < 1.29 is 0 Å². The van der Waals surface area contributed by atoms with Gasteiger partial charge in [0.05, 0.1) is 5.69 Å². The predicted octanol–water partition coefficient (Wildman–Crippen LogP) is 3.25. The highest BCUT2D eigenvalue weighted by Crippen LogP contribution is 2.28. The first-order chi connectivity index (χ1) is 9.10. The van der Waals surface area contributed by atoms with Crippen molar-refractivity contribution in [2.75, 3.05) is 0 Å². The van der Waals surface area contributed by atoms with Gasteiger partial charge in [-0.15, -0.1) is 0 Å². The van der Waals surface area contributed by atoms with E-state index in [1.165, 1.54) is 22.5 Å². The number of rotatable bonds is 1. The van der Waals surface area contributed by atoms with Gasteiger partial charge in [0.25, 0.3) is 0 Å². The summed E-state index contributed by atoms with van der Waals surface area (Å²) in [6, 6.07) is 8.41. The van der Waals surface area contributed by atoms with Crippen LogP contribution in [0.5, 0.6) is 0 Å². The Balaban J connectivity index is 2.18. The van der Waals surface area contributed by atoms with Gasteiger partial charge in [-0.2, -0.15) is 14.9 Å². The summed E-state index contributed by atoms with van der Waals surface area (Å²) < 4.78 is 1.63. The molecule has 0 spiro atoms. The summed E-state index contributed by atoms with van der Waals surface area (Å²) in [6.45, 7) is 6.00. The lowest BCUT2D eigenvalue weighted by molar-refractivity contribution is 0.955. The highest BCUT2D eigenvalue weighted by atomic mass is 32.1. The first kappa shape index (κ1) is 11.9. The Hall–Kier alpha value is -2.19. The fourth-order valence-corrected chi connectivity index (χ4v) is 2.91. The summed E-state index contributed by atoms with van der Waals surface area (Å²) in [5, 5.41) is 14.5. The summed E-state index contributed by atoms with van der Waals surface area (Å²) in [7, 11) is 0. The van der Waals surface area contributed by atoms with E-state index in [0.717, 1.165) is 21.2 Å². The van der Waals surface area contributed by atoms with Crippen LogP contribution in [0.1, 0.15) is 22.5 Å². The fraction of sp³-hybridized carbons (Fsp3) is 0.214. The molecular weight excluding hydrogens is 256 g/mol. The van der Waals surface area contributed by atoms with Crippen LogP contribution in [0.25, 0.3) is 15.5 Å². The maximum Gasteiger partial charge on any atom is 0.213 e. The van der Waals surface area contributed by atoms with Gasteiger partial charge in [0, 0.05) is 5.56 Å². The number of hydrogen-bond acceptors (Lipinski definition) is 4. The Morgan fingerprint density at radius 1 is 1.21 bits per heavy atom. The smallest absolute Gasteiger partial charge is 0.213 e. The van der Waals surface area contributed by atoms with E-state index in [1.54, 1.807) is 4.52 Å². The standard InChI is InChI=1S/C14H12N4S/c1-8-4-5-11(6-9(8)2)13-17-18-12(7-15)10(3)16-14(18)19-13/h4-6H,1-3H3. The second-order valence-electron chi connectivity index (χ2n) is 4.56. The molecule has 0 radical (unpaired) electrons. The molecule has 1 aromatic carbocycles. The minimum absolute atomic E-state index is 0.515. The van der Waals surface area contributed by atoms with Crippen LogP contribution < -0.4 is 0 Å². The Kier molecular flexibility index (Phi) is 2.61. The van der Waals surface area contributed by atoms with Crippen molar-refractivity contribution in [3.8, 4) is 16.6 Å². The molecule has 0 bridgehead atoms. The van der Waals surface area contributed by atoms with Crippen LogP contribution in [-0.2, 0) is 0 Å². The Morgan fingerprint density at radius 2 is 2.00 bits per heavy atom. The number of fused-ring (bicyclic) bond motifs is 1. The molecular formula is C14H12N4S. The molecule has 2 aromatic heterocycles. The average Bonchev–Trinajstić information content (AvgIpc) is 2.89. The second-order valence-corrected chi connectivity index (χ2v) is 5.51. The Bertz CT molecular complexity index is 820. The Labute approximate surface area is 115 Å². The lowest BCUT2D eigenvalue weighted by Crippen LogP contribution is -1.90. The van der Waals surface area contributed by atoms with E-state index < -0.39 is 0 Å². The van der Waals surface area contributed by atoms with Crippen LogP contribution in [-0.4, -0.2) is 14.6 Å². The number of aryl methyl sites for hydroxylation is 3. The molecule has 94 valence electrons. The van der Waals surface area contributed by atoms with E-state index in [-0.39, 0.29) is 0 Å². The zero-order valence-corrected chi connectivity index (χ0v) is 11.7. The third-order valence-corrected chi connectivity index (χ3v) is 4.20. The van der Waals surface area contributed by atoms with Crippen molar-refractivity contribution >= 4 is 16.3 Å². The predicted molar refractivity (Wildman–Crippen MR) is 75.2 cm³/mol. The largest absolute Gasteiger partial charge is 0.221 e. The third kappa shape index (κ3) is 1.81. The average molecular weight is 268 g/mol. The maximum atomic E-state index is 9.12. The van der Waals surface area contributed by atoms with Gasteiger partial charge in [0.15, 0.2) is 5.69 Å². The van der Waals surface area contributed by atoms with E-state index >= 15 is 0 Å². The molecule has 4 nitrogen and oxygen atoms in total. The fourth-order valence-electron chi connectivity index (χ4n) is 1.97. The normalized spacial score (nSPS) is 10.8. The van der Waals surface area contributed by atoms with Crippen LogP contribution in [0.4, 0.5) is 0 Å². The van der Waals surface area contributed by atoms with Crippen molar-refractivity contribution in [3.05, 3.63) is 40.7 Å². The maximum absolute atomic E-state index is 9.12. The molecule has 0 fully saturated rings. The lowest BCUT2D eigenvalue weighted by Gasteiger charge is -2.01. The number of nitrogens with zero attached hydrogens (tertiary/aromatic N) is 4. The lowest BCUT2D eigenvalue weighted by atomic mass is 10.1. The third-order valence-electron chi connectivity index (χ3n) is 3.24. The van der Waals surface area contributed by atoms with Crippen LogP contribution in [0, 0.1) is 32.1 Å². The summed E-state index contributed by atoms with van der Waals surface area (Å²) in [5.74, 6) is 0. The molecule has 0 saturated heterocycles. The monoisotopic (exact) mass is 268 g/mol. The van der Waals surface area contributed by atoms with Crippen LogP contribution in [0.3, 0.4) is 0 Å². The van der Waals surface area contributed by atoms with Gasteiger partial charge in [0.2, 0.25) is 4.96 Å². The zero-order valence-electron chi connectivity index (χ0n) is 10.9. The molecule has 19 heavy (non-hydrogen) atoms. The van der Waals surface area contributed by atoms with E-state index in [0.29, 0.717) is 5.69 Å². The molecule has 0 amide bonds. The van der Waals surface area contributed by atoms with Crippen LogP contribution >= 0.6 is 11.3 Å². The van der Waals surface area contributed by atoms with E-state index in [4.69, 9.17) is 5.26 Å². The van der Waals surface area contributed by atoms with Gasteiger partial charge in [-0.25, -0.2) is 4.98 Å². The van der Waals surface area contributed by atoms with Gasteiger partial charge < -0.3 is 0 Å². The van der Waals surface area contributed by atoms with Gasteiger partial charge in [0.1, 0.15) is 11.1 Å². The molecule has 0 aliphatic carbocycles. The van der Waals surface area contributed by atoms with E-state index in [1.807, 2.05) is 6.92 Å². The summed E-state index contributed by atoms with van der Waals surface area (Å²) >= 11 is 1.50. The summed E-state index contributed by atoms with van der Waals surface area (Å²) in [4.78, 5) is 5.13. The minimum atomic E-state index is 0.515. The highest BCUT2D eigenvalue weighted by Gasteiger charge is 2.14. The van der Waals surface area contributed by atoms with Gasteiger partial charge in [-0.1, -0.05) is 23.5 Å².